The molecule has 1 aliphatic heterocycles. The van der Waals surface area contributed by atoms with Gasteiger partial charge in [-0.2, -0.15) is 0 Å². The maximum atomic E-state index is 12.8. The summed E-state index contributed by atoms with van der Waals surface area (Å²) in [6, 6.07) is 10.0. The van der Waals surface area contributed by atoms with Gasteiger partial charge in [0.15, 0.2) is 0 Å². The Morgan fingerprint density at radius 1 is 1.08 bits per heavy atom. The van der Waals surface area contributed by atoms with Crippen LogP contribution >= 0.6 is 0 Å². The van der Waals surface area contributed by atoms with Gasteiger partial charge in [0, 0.05) is 17.9 Å². The van der Waals surface area contributed by atoms with Crippen molar-refractivity contribution in [2.45, 2.75) is 6.42 Å². The minimum atomic E-state index is -3.34. The van der Waals surface area contributed by atoms with Crippen molar-refractivity contribution >= 4 is 33.1 Å². The van der Waals surface area contributed by atoms with Gasteiger partial charge >= 0.3 is 6.03 Å². The van der Waals surface area contributed by atoms with Crippen LogP contribution in [0.4, 0.5) is 26.2 Å². The topological polar surface area (TPSA) is 78.5 Å². The molecule has 1 heterocycles. The van der Waals surface area contributed by atoms with Gasteiger partial charge in [-0.05, 0) is 48.4 Å². The number of fused-ring (bicyclic) bond motifs is 1. The second-order valence-corrected chi connectivity index (χ2v) is 7.42. The highest BCUT2D eigenvalue weighted by atomic mass is 32.2. The fraction of sp³-hybridized carbons (Fsp3) is 0.188. The highest BCUT2D eigenvalue weighted by Crippen LogP contribution is 2.32. The Balaban J connectivity index is 1.74. The molecule has 0 saturated heterocycles. The largest absolute Gasteiger partial charge is 0.323 e. The molecule has 0 fully saturated rings. The quantitative estimate of drug-likeness (QED) is 0.894. The molecule has 0 aliphatic carbocycles. The number of amides is 2. The van der Waals surface area contributed by atoms with Crippen molar-refractivity contribution in [3.05, 3.63) is 53.8 Å². The number of sulfonamides is 1. The standard InChI is InChI=1S/C16H16FN3O3S/c1-24(22,23)20-9-8-11-2-5-14(10-15(11)20)19-16(21)18-13-6-3-12(17)4-7-13/h2-7,10H,8-9H2,1H3,(H2,18,19,21). The normalized spacial score (nSPS) is 13.5. The highest BCUT2D eigenvalue weighted by Gasteiger charge is 2.26. The SMILES string of the molecule is CS(=O)(=O)N1CCc2ccc(NC(=O)Nc3ccc(F)cc3)cc21. The third kappa shape index (κ3) is 3.48. The molecule has 2 N–H and O–H groups in total. The van der Waals surface area contributed by atoms with Gasteiger partial charge in [0.1, 0.15) is 5.82 Å². The van der Waals surface area contributed by atoms with Gasteiger partial charge in [-0.3, -0.25) is 4.31 Å². The van der Waals surface area contributed by atoms with Gasteiger partial charge in [-0.15, -0.1) is 0 Å². The molecule has 0 unspecified atom stereocenters. The Labute approximate surface area is 139 Å². The maximum Gasteiger partial charge on any atom is 0.323 e. The second-order valence-electron chi connectivity index (χ2n) is 5.51. The summed E-state index contributed by atoms with van der Waals surface area (Å²) in [7, 11) is -3.34. The molecule has 0 bridgehead atoms. The van der Waals surface area contributed by atoms with Gasteiger partial charge in [-0.25, -0.2) is 17.6 Å². The average molecular weight is 349 g/mol. The van der Waals surface area contributed by atoms with Crippen LogP contribution < -0.4 is 14.9 Å². The number of carbonyl (C=O) groups is 1. The van der Waals surface area contributed by atoms with E-state index in [1.807, 2.05) is 0 Å². The van der Waals surface area contributed by atoms with E-state index in [1.54, 1.807) is 18.2 Å². The zero-order valence-corrected chi connectivity index (χ0v) is 13.7. The van der Waals surface area contributed by atoms with Gasteiger partial charge in [0.2, 0.25) is 10.0 Å². The molecular formula is C16H16FN3O3S. The number of nitrogens with one attached hydrogen (secondary N) is 2. The van der Waals surface area contributed by atoms with Gasteiger partial charge in [-0.1, -0.05) is 6.07 Å². The molecule has 0 spiro atoms. The second kappa shape index (κ2) is 6.12. The molecule has 2 amide bonds. The minimum absolute atomic E-state index is 0.388. The zero-order chi connectivity index (χ0) is 17.3. The smallest absolute Gasteiger partial charge is 0.308 e. The van der Waals surface area contributed by atoms with E-state index < -0.39 is 16.1 Å². The monoisotopic (exact) mass is 349 g/mol. The third-order valence-electron chi connectivity index (χ3n) is 3.70. The number of anilines is 3. The van der Waals surface area contributed by atoms with E-state index in [1.165, 1.54) is 28.6 Å². The lowest BCUT2D eigenvalue weighted by Crippen LogP contribution is -2.27. The van der Waals surface area contributed by atoms with E-state index in [9.17, 15) is 17.6 Å². The molecule has 1 aliphatic rings. The number of halogens is 1. The number of hydrogen-bond acceptors (Lipinski definition) is 3. The molecule has 0 aromatic heterocycles. The molecule has 0 atom stereocenters. The van der Waals surface area contributed by atoms with Crippen LogP contribution in [0.25, 0.3) is 0 Å². The van der Waals surface area contributed by atoms with Crippen molar-refractivity contribution in [3.8, 4) is 0 Å². The molecule has 0 radical (unpaired) electrons. The number of nitrogens with zero attached hydrogens (tertiary/aromatic N) is 1. The molecule has 126 valence electrons. The molecule has 0 saturated carbocycles. The van der Waals surface area contributed by atoms with Crippen molar-refractivity contribution in [1.29, 1.82) is 0 Å². The van der Waals surface area contributed by atoms with Crippen LogP contribution in [0.3, 0.4) is 0 Å². The highest BCUT2D eigenvalue weighted by molar-refractivity contribution is 7.92. The third-order valence-corrected chi connectivity index (χ3v) is 4.88. The summed E-state index contributed by atoms with van der Waals surface area (Å²) in [6.07, 6.45) is 1.80. The number of carbonyl (C=O) groups excluding carboxylic acids is 1. The van der Waals surface area contributed by atoms with Crippen LogP contribution in [-0.2, 0) is 16.4 Å². The van der Waals surface area contributed by atoms with Crippen LogP contribution in [0.2, 0.25) is 0 Å². The van der Waals surface area contributed by atoms with Crippen molar-refractivity contribution < 1.29 is 17.6 Å². The summed E-state index contributed by atoms with van der Waals surface area (Å²) in [4.78, 5) is 12.0. The number of urea groups is 1. The first-order valence-electron chi connectivity index (χ1n) is 7.27. The summed E-state index contributed by atoms with van der Waals surface area (Å²) in [5.41, 5.74) is 2.43. The van der Waals surface area contributed by atoms with Crippen molar-refractivity contribution in [1.82, 2.24) is 0 Å². The first kappa shape index (κ1) is 16.3. The van der Waals surface area contributed by atoms with E-state index in [4.69, 9.17) is 0 Å². The number of hydrogen-bond donors (Lipinski definition) is 2. The lowest BCUT2D eigenvalue weighted by molar-refractivity contribution is 0.262. The number of benzene rings is 2. The van der Waals surface area contributed by atoms with Gasteiger partial charge in [0.25, 0.3) is 0 Å². The molecule has 6 nitrogen and oxygen atoms in total. The van der Waals surface area contributed by atoms with Gasteiger partial charge < -0.3 is 10.6 Å². The van der Waals surface area contributed by atoms with E-state index in [0.29, 0.717) is 30.0 Å². The zero-order valence-electron chi connectivity index (χ0n) is 12.9. The molecule has 2 aromatic rings. The summed E-state index contributed by atoms with van der Waals surface area (Å²) in [6.45, 7) is 0.402. The lowest BCUT2D eigenvalue weighted by atomic mass is 10.1. The first-order chi connectivity index (χ1) is 11.3. The fourth-order valence-corrected chi connectivity index (χ4v) is 3.55. The summed E-state index contributed by atoms with van der Waals surface area (Å²) >= 11 is 0. The Kier molecular flexibility index (Phi) is 4.15. The molecule has 3 rings (SSSR count). The Bertz CT molecular complexity index is 882. The number of rotatable bonds is 3. The Morgan fingerprint density at radius 2 is 1.71 bits per heavy atom. The summed E-state index contributed by atoms with van der Waals surface area (Å²) in [5.74, 6) is -0.388. The van der Waals surface area contributed by atoms with E-state index in [-0.39, 0.29) is 5.82 Å². The van der Waals surface area contributed by atoms with Crippen molar-refractivity contribution in [3.63, 3.8) is 0 Å². The Hall–Kier alpha value is -2.61. The summed E-state index contributed by atoms with van der Waals surface area (Å²) < 4.78 is 37.8. The Morgan fingerprint density at radius 3 is 2.38 bits per heavy atom. The lowest BCUT2D eigenvalue weighted by Gasteiger charge is -2.17. The maximum absolute atomic E-state index is 12.8. The van der Waals surface area contributed by atoms with Crippen molar-refractivity contribution in [2.24, 2.45) is 0 Å². The van der Waals surface area contributed by atoms with Crippen LogP contribution in [0, 0.1) is 5.82 Å². The van der Waals surface area contributed by atoms with Crippen LogP contribution in [0.1, 0.15) is 5.56 Å². The van der Waals surface area contributed by atoms with E-state index >= 15 is 0 Å². The van der Waals surface area contributed by atoms with Crippen LogP contribution in [0.15, 0.2) is 42.5 Å². The first-order valence-corrected chi connectivity index (χ1v) is 9.12. The summed E-state index contributed by atoms with van der Waals surface area (Å²) in [5, 5.41) is 5.22. The van der Waals surface area contributed by atoms with E-state index in [2.05, 4.69) is 10.6 Å². The molecule has 2 aromatic carbocycles. The van der Waals surface area contributed by atoms with Gasteiger partial charge in [0.05, 0.1) is 11.9 Å². The predicted molar refractivity (Wildman–Crippen MR) is 91.4 cm³/mol. The fourth-order valence-electron chi connectivity index (χ4n) is 2.60. The minimum Gasteiger partial charge on any atom is -0.308 e. The van der Waals surface area contributed by atoms with Crippen molar-refractivity contribution in [2.75, 3.05) is 27.7 Å². The van der Waals surface area contributed by atoms with E-state index in [0.717, 1.165) is 11.8 Å². The van der Waals surface area contributed by atoms with Crippen LogP contribution in [-0.4, -0.2) is 27.2 Å². The average Bonchev–Trinajstić information content (AvgIpc) is 2.93. The molecular weight excluding hydrogens is 333 g/mol. The predicted octanol–water partition coefficient (Wildman–Crippen LogP) is 2.79. The molecule has 24 heavy (non-hydrogen) atoms. The molecule has 8 heteroatoms. The van der Waals surface area contributed by atoms with Crippen LogP contribution in [0.5, 0.6) is 0 Å².